The normalized spacial score (nSPS) is 16.1. The van der Waals surface area contributed by atoms with E-state index in [0.29, 0.717) is 19.4 Å². The Bertz CT molecular complexity index is 969. The van der Waals surface area contributed by atoms with E-state index < -0.39 is 10.0 Å². The molecule has 3 rings (SSSR count). The molecule has 2 aromatic rings. The van der Waals surface area contributed by atoms with E-state index in [-0.39, 0.29) is 16.8 Å². The number of nitrogens with one attached hydrogen (secondary N) is 1. The molecule has 0 fully saturated rings. The highest BCUT2D eigenvalue weighted by molar-refractivity contribution is 7.89. The molecule has 0 spiro atoms. The number of amides is 1. The van der Waals surface area contributed by atoms with Crippen molar-refractivity contribution < 1.29 is 13.2 Å². The second-order valence-electron chi connectivity index (χ2n) is 7.44. The first kappa shape index (κ1) is 20.4. The number of carbonyl (C=O) groups excluding carboxylic acids is 1. The second-order valence-corrected chi connectivity index (χ2v) is 9.21. The Kier molecular flexibility index (Phi) is 5.76. The van der Waals surface area contributed by atoms with Crippen molar-refractivity contribution in [2.24, 2.45) is 0 Å². The van der Waals surface area contributed by atoms with Crippen molar-refractivity contribution >= 4 is 27.3 Å². The average Bonchev–Trinajstić information content (AvgIpc) is 2.97. The summed E-state index contributed by atoms with van der Waals surface area (Å²) in [6, 6.07) is 13.1. The lowest BCUT2D eigenvalue weighted by Gasteiger charge is -2.20. The maximum Gasteiger partial charge on any atom is 0.240 e. The molecule has 28 heavy (non-hydrogen) atoms. The van der Waals surface area contributed by atoms with Gasteiger partial charge in [-0.25, -0.2) is 13.1 Å². The van der Waals surface area contributed by atoms with Crippen LogP contribution in [0.25, 0.3) is 0 Å². The number of hydrogen-bond acceptors (Lipinski definition) is 4. The molecule has 1 N–H and O–H groups in total. The molecule has 1 atom stereocenters. The summed E-state index contributed by atoms with van der Waals surface area (Å²) in [5.74, 6) is -0.0275. The fourth-order valence-corrected chi connectivity index (χ4v) is 4.71. The lowest BCUT2D eigenvalue weighted by Crippen LogP contribution is -2.33. The predicted molar refractivity (Wildman–Crippen MR) is 112 cm³/mol. The monoisotopic (exact) mass is 401 g/mol. The quantitative estimate of drug-likeness (QED) is 0.808. The molecular weight excluding hydrogens is 374 g/mol. The molecule has 0 saturated heterocycles. The van der Waals surface area contributed by atoms with Crippen molar-refractivity contribution in [3.05, 3.63) is 53.6 Å². The van der Waals surface area contributed by atoms with E-state index in [1.807, 2.05) is 50.2 Å². The van der Waals surface area contributed by atoms with Crippen molar-refractivity contribution in [3.8, 4) is 0 Å². The third-order valence-corrected chi connectivity index (χ3v) is 6.53. The molecule has 0 unspecified atom stereocenters. The van der Waals surface area contributed by atoms with Gasteiger partial charge in [0.1, 0.15) is 0 Å². The Morgan fingerprint density at radius 2 is 1.86 bits per heavy atom. The highest BCUT2D eigenvalue weighted by atomic mass is 32.2. The summed E-state index contributed by atoms with van der Waals surface area (Å²) in [5.41, 5.74) is 3.88. The van der Waals surface area contributed by atoms with Gasteiger partial charge >= 0.3 is 0 Å². The van der Waals surface area contributed by atoms with Crippen LogP contribution in [0.15, 0.2) is 47.4 Å². The maximum absolute atomic E-state index is 12.7. The molecule has 0 saturated carbocycles. The Balaban J connectivity index is 1.67. The fraction of sp³-hybridized carbons (Fsp3) is 0.381. The SMILES string of the molecule is CC(=O)N1c2ccc(S(=O)(=O)NCCc3ccc(N(C)C)cc3)cc2C[C@H]1C. The summed E-state index contributed by atoms with van der Waals surface area (Å²) in [6.07, 6.45) is 1.28. The Hall–Kier alpha value is -2.38. The molecule has 0 aliphatic carbocycles. The average molecular weight is 402 g/mol. The molecule has 150 valence electrons. The summed E-state index contributed by atoms with van der Waals surface area (Å²) in [7, 11) is 0.374. The smallest absolute Gasteiger partial charge is 0.240 e. The van der Waals surface area contributed by atoms with E-state index in [1.54, 1.807) is 23.1 Å². The summed E-state index contributed by atoms with van der Waals surface area (Å²) in [6.45, 7) is 3.83. The molecule has 2 aromatic carbocycles. The van der Waals surface area contributed by atoms with Crippen molar-refractivity contribution in [2.45, 2.75) is 37.6 Å². The zero-order valence-electron chi connectivity index (χ0n) is 16.8. The molecular formula is C21H27N3O3S. The van der Waals surface area contributed by atoms with Gasteiger partial charge in [-0.05, 0) is 61.2 Å². The van der Waals surface area contributed by atoms with E-state index in [4.69, 9.17) is 0 Å². The highest BCUT2D eigenvalue weighted by Crippen LogP contribution is 2.33. The molecule has 7 heteroatoms. The first-order valence-corrected chi connectivity index (χ1v) is 10.9. The number of rotatable bonds is 6. The fourth-order valence-electron chi connectivity index (χ4n) is 3.63. The summed E-state index contributed by atoms with van der Waals surface area (Å²) >= 11 is 0. The Labute approximate surface area is 167 Å². The zero-order chi connectivity index (χ0) is 20.5. The third kappa shape index (κ3) is 4.20. The molecule has 6 nitrogen and oxygen atoms in total. The number of nitrogens with zero attached hydrogens (tertiary/aromatic N) is 2. The van der Waals surface area contributed by atoms with Crippen LogP contribution in [-0.2, 0) is 27.7 Å². The number of fused-ring (bicyclic) bond motifs is 1. The van der Waals surface area contributed by atoms with E-state index in [1.165, 1.54) is 6.92 Å². The molecule has 1 aliphatic rings. The van der Waals surface area contributed by atoms with Gasteiger partial charge < -0.3 is 9.80 Å². The van der Waals surface area contributed by atoms with Gasteiger partial charge in [0.15, 0.2) is 0 Å². The van der Waals surface area contributed by atoms with E-state index >= 15 is 0 Å². The lowest BCUT2D eigenvalue weighted by atomic mass is 10.1. The van der Waals surface area contributed by atoms with Crippen molar-refractivity contribution in [3.63, 3.8) is 0 Å². The maximum atomic E-state index is 12.7. The van der Waals surface area contributed by atoms with Crippen LogP contribution in [0.4, 0.5) is 11.4 Å². The van der Waals surface area contributed by atoms with Crippen LogP contribution in [0, 0.1) is 0 Å². The lowest BCUT2D eigenvalue weighted by molar-refractivity contribution is -0.116. The van der Waals surface area contributed by atoms with Crippen LogP contribution in [0.3, 0.4) is 0 Å². The minimum absolute atomic E-state index is 0.0275. The zero-order valence-corrected chi connectivity index (χ0v) is 17.6. The number of benzene rings is 2. The number of sulfonamides is 1. The Morgan fingerprint density at radius 3 is 2.46 bits per heavy atom. The molecule has 1 amide bonds. The first-order valence-electron chi connectivity index (χ1n) is 9.37. The van der Waals surface area contributed by atoms with Gasteiger partial charge in [-0.2, -0.15) is 0 Å². The van der Waals surface area contributed by atoms with E-state index in [0.717, 1.165) is 22.5 Å². The third-order valence-electron chi connectivity index (χ3n) is 5.07. The Morgan fingerprint density at radius 1 is 1.18 bits per heavy atom. The van der Waals surface area contributed by atoms with E-state index in [2.05, 4.69) is 4.72 Å². The van der Waals surface area contributed by atoms with Crippen LogP contribution >= 0.6 is 0 Å². The number of hydrogen-bond donors (Lipinski definition) is 1. The van der Waals surface area contributed by atoms with Crippen molar-refractivity contribution in [1.29, 1.82) is 0 Å². The molecule has 0 aromatic heterocycles. The second kappa shape index (κ2) is 7.93. The van der Waals surface area contributed by atoms with Gasteiger partial charge in [-0.3, -0.25) is 4.79 Å². The van der Waals surface area contributed by atoms with Gasteiger partial charge in [0.25, 0.3) is 0 Å². The van der Waals surface area contributed by atoms with Crippen molar-refractivity contribution in [2.75, 3.05) is 30.4 Å². The summed E-state index contributed by atoms with van der Waals surface area (Å²) in [5, 5.41) is 0. The molecule has 1 aliphatic heterocycles. The molecule has 1 heterocycles. The van der Waals surface area contributed by atoms with Gasteiger partial charge in [0.05, 0.1) is 4.90 Å². The molecule has 0 radical (unpaired) electrons. The standard InChI is InChI=1S/C21H27N3O3S/c1-15-13-18-14-20(9-10-21(18)24(15)16(2)25)28(26,27)22-12-11-17-5-7-19(8-6-17)23(3)4/h5-10,14-15,22H,11-13H2,1-4H3/t15-/m1/s1. The van der Waals surface area contributed by atoms with Crippen LogP contribution in [0.2, 0.25) is 0 Å². The van der Waals surface area contributed by atoms with Crippen LogP contribution in [0.1, 0.15) is 25.0 Å². The van der Waals surface area contributed by atoms with Gasteiger partial charge in [-0.15, -0.1) is 0 Å². The number of anilines is 2. The summed E-state index contributed by atoms with van der Waals surface area (Å²) in [4.78, 5) is 15.8. The van der Waals surface area contributed by atoms with Crippen LogP contribution < -0.4 is 14.5 Å². The topological polar surface area (TPSA) is 69.7 Å². The van der Waals surface area contributed by atoms with Crippen LogP contribution in [-0.4, -0.2) is 41.0 Å². The summed E-state index contributed by atoms with van der Waals surface area (Å²) < 4.78 is 28.0. The largest absolute Gasteiger partial charge is 0.378 e. The minimum atomic E-state index is -3.59. The predicted octanol–water partition coefficient (Wildman–Crippen LogP) is 2.57. The van der Waals surface area contributed by atoms with Gasteiger partial charge in [0, 0.05) is 45.0 Å². The number of carbonyl (C=O) groups is 1. The van der Waals surface area contributed by atoms with Gasteiger partial charge in [0.2, 0.25) is 15.9 Å². The highest BCUT2D eigenvalue weighted by Gasteiger charge is 2.30. The van der Waals surface area contributed by atoms with E-state index in [9.17, 15) is 13.2 Å². The minimum Gasteiger partial charge on any atom is -0.378 e. The van der Waals surface area contributed by atoms with Crippen molar-refractivity contribution in [1.82, 2.24) is 4.72 Å². The molecule has 0 bridgehead atoms. The van der Waals surface area contributed by atoms with Gasteiger partial charge in [-0.1, -0.05) is 12.1 Å². The van der Waals surface area contributed by atoms with Crippen LogP contribution in [0.5, 0.6) is 0 Å². The first-order chi connectivity index (χ1) is 13.2.